The summed E-state index contributed by atoms with van der Waals surface area (Å²) >= 11 is 0. The van der Waals surface area contributed by atoms with Crippen molar-refractivity contribution in [3.63, 3.8) is 0 Å². The van der Waals surface area contributed by atoms with Crippen molar-refractivity contribution in [2.75, 3.05) is 14.2 Å². The van der Waals surface area contributed by atoms with Crippen LogP contribution in [0.5, 0.6) is 11.5 Å². The fraction of sp³-hybridized carbons (Fsp3) is 0.435. The second-order valence-electron chi connectivity index (χ2n) is 7.56. The van der Waals surface area contributed by atoms with Crippen molar-refractivity contribution >= 4 is 0 Å². The van der Waals surface area contributed by atoms with E-state index >= 15 is 0 Å². The first-order valence-electron chi connectivity index (χ1n) is 9.78. The van der Waals surface area contributed by atoms with Crippen LogP contribution in [-0.2, 0) is 6.42 Å². The molecule has 1 N–H and O–H groups in total. The van der Waals surface area contributed by atoms with Gasteiger partial charge in [-0.1, -0.05) is 18.2 Å². The van der Waals surface area contributed by atoms with Crippen LogP contribution in [0.25, 0.3) is 0 Å². The fourth-order valence-electron chi connectivity index (χ4n) is 4.54. The first-order valence-corrected chi connectivity index (χ1v) is 9.78. The van der Waals surface area contributed by atoms with Crippen LogP contribution in [0.2, 0.25) is 0 Å². The van der Waals surface area contributed by atoms with Crippen LogP contribution in [0.3, 0.4) is 0 Å². The van der Waals surface area contributed by atoms with E-state index in [0.29, 0.717) is 12.0 Å². The third-order valence-corrected chi connectivity index (χ3v) is 5.95. The van der Waals surface area contributed by atoms with E-state index in [1.165, 1.54) is 23.1 Å². The molecule has 0 saturated carbocycles. The molecule has 4 heteroatoms. The van der Waals surface area contributed by atoms with Gasteiger partial charge in [-0.05, 0) is 73.4 Å². The molecule has 1 aromatic carbocycles. The molecule has 0 saturated heterocycles. The molecule has 0 radical (unpaired) electrons. The first kappa shape index (κ1) is 18.1. The highest BCUT2D eigenvalue weighted by molar-refractivity contribution is 5.50. The minimum absolute atomic E-state index is 0.215. The van der Waals surface area contributed by atoms with Crippen molar-refractivity contribution in [3.8, 4) is 11.5 Å². The second-order valence-corrected chi connectivity index (χ2v) is 7.56. The highest BCUT2D eigenvalue weighted by atomic mass is 16.5. The van der Waals surface area contributed by atoms with Gasteiger partial charge in [0.1, 0.15) is 0 Å². The first-order chi connectivity index (χ1) is 13.2. The molecule has 27 heavy (non-hydrogen) atoms. The molecule has 0 amide bonds. The number of fused-ring (bicyclic) bond motifs is 1. The topological polar surface area (TPSA) is 43.4 Å². The smallest absolute Gasteiger partial charge is 0.161 e. The van der Waals surface area contributed by atoms with Crippen molar-refractivity contribution in [2.24, 2.45) is 5.92 Å². The summed E-state index contributed by atoms with van der Waals surface area (Å²) in [5, 5.41) is 3.93. The van der Waals surface area contributed by atoms with Crippen LogP contribution >= 0.6 is 0 Å². The Bertz CT molecular complexity index is 846. The second kappa shape index (κ2) is 7.73. The van der Waals surface area contributed by atoms with Crippen molar-refractivity contribution in [2.45, 2.75) is 44.7 Å². The molecule has 0 spiro atoms. The Morgan fingerprint density at radius 2 is 1.93 bits per heavy atom. The Morgan fingerprint density at radius 1 is 1.11 bits per heavy atom. The minimum Gasteiger partial charge on any atom is -0.493 e. The van der Waals surface area contributed by atoms with Gasteiger partial charge in [0.15, 0.2) is 11.5 Å². The summed E-state index contributed by atoms with van der Waals surface area (Å²) in [7, 11) is 3.41. The number of nitrogens with one attached hydrogen (secondary N) is 1. The largest absolute Gasteiger partial charge is 0.493 e. The van der Waals surface area contributed by atoms with E-state index in [9.17, 15) is 0 Å². The average Bonchev–Trinajstić information content (AvgIpc) is 2.72. The molecule has 4 nitrogen and oxygen atoms in total. The lowest BCUT2D eigenvalue weighted by Crippen LogP contribution is -2.38. The predicted molar refractivity (Wildman–Crippen MR) is 107 cm³/mol. The lowest BCUT2D eigenvalue weighted by atomic mass is 9.78. The molecule has 2 aliphatic rings. The van der Waals surface area contributed by atoms with Crippen LogP contribution in [0.4, 0.5) is 0 Å². The van der Waals surface area contributed by atoms with E-state index in [0.717, 1.165) is 36.5 Å². The summed E-state index contributed by atoms with van der Waals surface area (Å²) in [6, 6.07) is 8.99. The molecule has 0 unspecified atom stereocenters. The lowest BCUT2D eigenvalue weighted by molar-refractivity contribution is 0.282. The maximum atomic E-state index is 5.59. The van der Waals surface area contributed by atoms with E-state index < -0.39 is 0 Å². The maximum Gasteiger partial charge on any atom is 0.161 e. The number of aryl methyl sites for hydroxylation is 1. The molecule has 0 fully saturated rings. The van der Waals surface area contributed by atoms with Crippen LogP contribution in [0.1, 0.15) is 53.7 Å². The average molecular weight is 364 g/mol. The summed E-state index contributed by atoms with van der Waals surface area (Å²) in [5.41, 5.74) is 5.06. The van der Waals surface area contributed by atoms with Gasteiger partial charge in [0, 0.05) is 12.2 Å². The Kier molecular flexibility index (Phi) is 5.17. The number of hydrogen-bond donors (Lipinski definition) is 1. The molecule has 1 aromatic heterocycles. The molecular formula is C23H28N2O2. The molecular weight excluding hydrogens is 336 g/mol. The summed E-state index contributed by atoms with van der Waals surface area (Å²) in [6.45, 7) is 2.15. The number of rotatable bonds is 4. The van der Waals surface area contributed by atoms with Gasteiger partial charge in [0.05, 0.1) is 26.0 Å². The number of allylic oxidation sites excluding steroid dienone is 2. The number of pyridine rings is 1. The van der Waals surface area contributed by atoms with E-state index in [1.807, 2.05) is 12.3 Å². The SMILES string of the molecule is COc1cc2c(cc1OC)[C@H]([C@@H]1CC=CCC1)N[C@H](c1ncccc1C)C2. The highest BCUT2D eigenvalue weighted by Gasteiger charge is 2.34. The van der Waals surface area contributed by atoms with E-state index in [4.69, 9.17) is 14.5 Å². The molecule has 1 aliphatic carbocycles. The molecule has 1 aliphatic heterocycles. The zero-order chi connectivity index (χ0) is 18.8. The Morgan fingerprint density at radius 3 is 2.63 bits per heavy atom. The minimum atomic E-state index is 0.215. The normalized spacial score (nSPS) is 24.3. The van der Waals surface area contributed by atoms with Gasteiger partial charge in [-0.2, -0.15) is 0 Å². The zero-order valence-electron chi connectivity index (χ0n) is 16.4. The van der Waals surface area contributed by atoms with Gasteiger partial charge in [0.2, 0.25) is 0 Å². The van der Waals surface area contributed by atoms with Crippen molar-refractivity contribution in [3.05, 3.63) is 65.0 Å². The number of aromatic nitrogens is 1. The van der Waals surface area contributed by atoms with Crippen LogP contribution in [0, 0.1) is 12.8 Å². The van der Waals surface area contributed by atoms with E-state index in [-0.39, 0.29) is 6.04 Å². The van der Waals surface area contributed by atoms with Crippen LogP contribution in [-0.4, -0.2) is 19.2 Å². The Balaban J connectivity index is 1.78. The number of hydrogen-bond acceptors (Lipinski definition) is 4. The molecule has 4 rings (SSSR count). The summed E-state index contributed by atoms with van der Waals surface area (Å²) in [5.74, 6) is 2.19. The van der Waals surface area contributed by atoms with E-state index in [2.05, 4.69) is 42.6 Å². The summed E-state index contributed by atoms with van der Waals surface area (Å²) < 4.78 is 11.2. The molecule has 2 aromatic rings. The highest BCUT2D eigenvalue weighted by Crippen LogP contribution is 2.43. The van der Waals surface area contributed by atoms with Crippen LogP contribution < -0.4 is 14.8 Å². The predicted octanol–water partition coefficient (Wildman–Crippen LogP) is 4.69. The van der Waals surface area contributed by atoms with Crippen molar-refractivity contribution in [1.29, 1.82) is 0 Å². The molecule has 3 atom stereocenters. The Labute approximate surface area is 161 Å². The van der Waals surface area contributed by atoms with Crippen molar-refractivity contribution < 1.29 is 9.47 Å². The van der Waals surface area contributed by atoms with Gasteiger partial charge < -0.3 is 14.8 Å². The number of benzene rings is 1. The lowest BCUT2D eigenvalue weighted by Gasteiger charge is -2.39. The van der Waals surface area contributed by atoms with Gasteiger partial charge in [0.25, 0.3) is 0 Å². The molecule has 2 heterocycles. The van der Waals surface area contributed by atoms with Crippen molar-refractivity contribution in [1.82, 2.24) is 10.3 Å². The third-order valence-electron chi connectivity index (χ3n) is 5.95. The number of ether oxygens (including phenoxy) is 2. The maximum absolute atomic E-state index is 5.59. The van der Waals surface area contributed by atoms with Crippen LogP contribution in [0.15, 0.2) is 42.6 Å². The van der Waals surface area contributed by atoms with E-state index in [1.54, 1.807) is 14.2 Å². The summed E-state index contributed by atoms with van der Waals surface area (Å²) in [4.78, 5) is 4.70. The number of nitrogens with zero attached hydrogens (tertiary/aromatic N) is 1. The van der Waals surface area contributed by atoms with Gasteiger partial charge in [-0.25, -0.2) is 0 Å². The summed E-state index contributed by atoms with van der Waals surface area (Å²) in [6.07, 6.45) is 10.9. The zero-order valence-corrected chi connectivity index (χ0v) is 16.4. The quantitative estimate of drug-likeness (QED) is 0.799. The standard InChI is InChI=1S/C23H28N2O2/c1-15-8-7-11-24-22(15)19-12-17-13-20(26-2)21(27-3)14-18(17)23(25-19)16-9-5-4-6-10-16/h4-5,7-8,11,13-14,16,19,23,25H,6,9-10,12H2,1-3H3/t16-,19+,23+/m1/s1. The van der Waals surface area contributed by atoms with Gasteiger partial charge in [-0.15, -0.1) is 0 Å². The van der Waals surface area contributed by atoms with Gasteiger partial charge >= 0.3 is 0 Å². The van der Waals surface area contributed by atoms with Gasteiger partial charge in [-0.3, -0.25) is 4.98 Å². The monoisotopic (exact) mass is 364 g/mol. The fourth-order valence-corrected chi connectivity index (χ4v) is 4.54. The Hall–Kier alpha value is -2.33. The molecule has 0 bridgehead atoms. The third kappa shape index (κ3) is 3.46. The number of methoxy groups -OCH3 is 2. The molecule has 142 valence electrons.